The molecule has 2 rings (SSSR count). The van der Waals surface area contributed by atoms with E-state index < -0.39 is 0 Å². The molecule has 0 saturated heterocycles. The lowest BCUT2D eigenvalue weighted by molar-refractivity contribution is -0.121. The molecule has 0 aliphatic carbocycles. The average molecular weight is 235 g/mol. The van der Waals surface area contributed by atoms with Crippen LogP contribution in [0.2, 0.25) is 0 Å². The second-order valence-electron chi connectivity index (χ2n) is 4.11. The third-order valence-corrected chi connectivity index (χ3v) is 2.83. The number of nitrogens with one attached hydrogen (secondary N) is 1. The minimum atomic E-state index is -0.100. The average Bonchev–Trinajstić information content (AvgIpc) is 2.76. The van der Waals surface area contributed by atoms with E-state index in [9.17, 15) is 4.79 Å². The number of hydrogen-bond donors (Lipinski definition) is 2. The van der Waals surface area contributed by atoms with Gasteiger partial charge in [0, 0.05) is 19.4 Å². The zero-order chi connectivity index (χ0) is 12.1. The summed E-state index contributed by atoms with van der Waals surface area (Å²) in [5.74, 6) is 0.884. The second kappa shape index (κ2) is 5.68. The maximum Gasteiger partial charge on any atom is 0.222 e. The van der Waals surface area contributed by atoms with Crippen LogP contribution < -0.4 is 10.1 Å². The molecule has 0 fully saturated rings. The second-order valence-corrected chi connectivity index (χ2v) is 4.11. The summed E-state index contributed by atoms with van der Waals surface area (Å²) in [6.07, 6.45) is 1.96. The highest BCUT2D eigenvalue weighted by molar-refractivity contribution is 5.75. The molecule has 0 saturated carbocycles. The molecule has 2 N–H and O–H groups in total. The molecule has 1 amide bonds. The van der Waals surface area contributed by atoms with Gasteiger partial charge in [-0.05, 0) is 23.6 Å². The van der Waals surface area contributed by atoms with Gasteiger partial charge in [-0.25, -0.2) is 0 Å². The van der Waals surface area contributed by atoms with Gasteiger partial charge >= 0.3 is 0 Å². The Morgan fingerprint density at radius 1 is 1.47 bits per heavy atom. The lowest BCUT2D eigenvalue weighted by Gasteiger charge is -2.06. The molecule has 0 radical (unpaired) electrons. The number of fused-ring (bicyclic) bond motifs is 1. The summed E-state index contributed by atoms with van der Waals surface area (Å²) in [4.78, 5) is 11.1. The molecular formula is C13H17NO3. The highest BCUT2D eigenvalue weighted by Crippen LogP contribution is 2.25. The summed E-state index contributed by atoms with van der Waals surface area (Å²) in [6.45, 7) is 1.28. The standard InChI is InChI=1S/C13H17NO3/c15-7-4-13(16)14-6-3-10-1-2-12-11(9-10)5-8-17-12/h1-2,9,15H,3-8H2,(H,14,16). The summed E-state index contributed by atoms with van der Waals surface area (Å²) in [6, 6.07) is 6.16. The van der Waals surface area contributed by atoms with Crippen LogP contribution in [0.3, 0.4) is 0 Å². The fourth-order valence-corrected chi connectivity index (χ4v) is 1.93. The summed E-state index contributed by atoms with van der Waals surface area (Å²) >= 11 is 0. The van der Waals surface area contributed by atoms with Crippen molar-refractivity contribution >= 4 is 5.91 Å². The Morgan fingerprint density at radius 3 is 3.18 bits per heavy atom. The van der Waals surface area contributed by atoms with E-state index in [1.54, 1.807) is 0 Å². The molecule has 0 bridgehead atoms. The smallest absolute Gasteiger partial charge is 0.222 e. The van der Waals surface area contributed by atoms with Gasteiger partial charge < -0.3 is 15.2 Å². The van der Waals surface area contributed by atoms with Gasteiger partial charge in [-0.15, -0.1) is 0 Å². The molecule has 0 atom stereocenters. The quantitative estimate of drug-likeness (QED) is 0.788. The van der Waals surface area contributed by atoms with E-state index in [4.69, 9.17) is 9.84 Å². The third-order valence-electron chi connectivity index (χ3n) is 2.83. The topological polar surface area (TPSA) is 58.6 Å². The number of amides is 1. The van der Waals surface area contributed by atoms with Crippen molar-refractivity contribution in [1.29, 1.82) is 0 Å². The Morgan fingerprint density at radius 2 is 2.35 bits per heavy atom. The van der Waals surface area contributed by atoms with Crippen LogP contribution in [0.15, 0.2) is 18.2 Å². The van der Waals surface area contributed by atoms with Crippen molar-refractivity contribution in [2.75, 3.05) is 19.8 Å². The van der Waals surface area contributed by atoms with Crippen molar-refractivity contribution in [2.45, 2.75) is 19.3 Å². The van der Waals surface area contributed by atoms with Crippen molar-refractivity contribution < 1.29 is 14.6 Å². The normalized spacial score (nSPS) is 13.0. The molecule has 4 nitrogen and oxygen atoms in total. The highest BCUT2D eigenvalue weighted by atomic mass is 16.5. The molecule has 0 aromatic heterocycles. The molecule has 0 spiro atoms. The van der Waals surface area contributed by atoms with Crippen LogP contribution in [0.4, 0.5) is 0 Å². The van der Waals surface area contributed by atoms with Gasteiger partial charge in [0.25, 0.3) is 0 Å². The number of carbonyl (C=O) groups excluding carboxylic acids is 1. The largest absolute Gasteiger partial charge is 0.493 e. The predicted molar refractivity (Wildman–Crippen MR) is 64.1 cm³/mol. The van der Waals surface area contributed by atoms with E-state index in [-0.39, 0.29) is 18.9 Å². The number of rotatable bonds is 5. The fraction of sp³-hybridized carbons (Fsp3) is 0.462. The predicted octanol–water partition coefficient (Wildman–Crippen LogP) is 0.663. The van der Waals surface area contributed by atoms with E-state index in [0.29, 0.717) is 6.54 Å². The fourth-order valence-electron chi connectivity index (χ4n) is 1.93. The van der Waals surface area contributed by atoms with Crippen molar-refractivity contribution in [3.63, 3.8) is 0 Å². The summed E-state index contributed by atoms with van der Waals surface area (Å²) in [7, 11) is 0. The first-order valence-corrected chi connectivity index (χ1v) is 5.92. The molecule has 1 aromatic carbocycles. The first-order chi connectivity index (χ1) is 8.29. The van der Waals surface area contributed by atoms with Gasteiger partial charge in [-0.2, -0.15) is 0 Å². The van der Waals surface area contributed by atoms with Crippen molar-refractivity contribution in [1.82, 2.24) is 5.32 Å². The van der Waals surface area contributed by atoms with Gasteiger partial charge in [-0.3, -0.25) is 4.79 Å². The minimum Gasteiger partial charge on any atom is -0.493 e. The van der Waals surface area contributed by atoms with Gasteiger partial charge in [0.1, 0.15) is 5.75 Å². The molecule has 1 heterocycles. The molecule has 1 aliphatic heterocycles. The van der Waals surface area contributed by atoms with E-state index in [1.165, 1.54) is 11.1 Å². The molecule has 4 heteroatoms. The van der Waals surface area contributed by atoms with Gasteiger partial charge in [0.2, 0.25) is 5.91 Å². The first kappa shape index (κ1) is 11.9. The van der Waals surface area contributed by atoms with Gasteiger partial charge in [0.05, 0.1) is 13.2 Å². The van der Waals surface area contributed by atoms with E-state index >= 15 is 0 Å². The minimum absolute atomic E-state index is 0.0952. The van der Waals surface area contributed by atoms with Crippen LogP contribution in [0.1, 0.15) is 17.5 Å². The molecule has 17 heavy (non-hydrogen) atoms. The zero-order valence-corrected chi connectivity index (χ0v) is 9.74. The lowest BCUT2D eigenvalue weighted by Crippen LogP contribution is -2.26. The van der Waals surface area contributed by atoms with Crippen LogP contribution in [0.25, 0.3) is 0 Å². The van der Waals surface area contributed by atoms with Gasteiger partial charge in [0.15, 0.2) is 0 Å². The van der Waals surface area contributed by atoms with Crippen molar-refractivity contribution in [2.24, 2.45) is 0 Å². The Labute approximate surface area is 101 Å². The third kappa shape index (κ3) is 3.20. The van der Waals surface area contributed by atoms with Crippen LogP contribution >= 0.6 is 0 Å². The number of ether oxygens (including phenoxy) is 1. The SMILES string of the molecule is O=C(CCO)NCCc1ccc2c(c1)CCO2. The van der Waals surface area contributed by atoms with E-state index in [2.05, 4.69) is 11.4 Å². The lowest BCUT2D eigenvalue weighted by atomic mass is 10.1. The molecule has 92 valence electrons. The molecular weight excluding hydrogens is 218 g/mol. The van der Waals surface area contributed by atoms with Gasteiger partial charge in [-0.1, -0.05) is 12.1 Å². The maximum atomic E-state index is 11.1. The number of aliphatic hydroxyl groups is 1. The number of carbonyl (C=O) groups is 1. The van der Waals surface area contributed by atoms with Crippen molar-refractivity contribution in [3.8, 4) is 5.75 Å². The van der Waals surface area contributed by atoms with Crippen LogP contribution in [-0.2, 0) is 17.6 Å². The van der Waals surface area contributed by atoms with Crippen LogP contribution in [-0.4, -0.2) is 30.8 Å². The van der Waals surface area contributed by atoms with E-state index in [0.717, 1.165) is 25.2 Å². The highest BCUT2D eigenvalue weighted by Gasteiger charge is 2.11. The zero-order valence-electron chi connectivity index (χ0n) is 9.74. The van der Waals surface area contributed by atoms with Crippen LogP contribution in [0.5, 0.6) is 5.75 Å². The summed E-state index contributed by atoms with van der Waals surface area (Å²) < 4.78 is 5.43. The summed E-state index contributed by atoms with van der Waals surface area (Å²) in [5, 5.41) is 11.4. The monoisotopic (exact) mass is 235 g/mol. The Hall–Kier alpha value is -1.55. The maximum absolute atomic E-state index is 11.1. The molecule has 1 aromatic rings. The Balaban J connectivity index is 1.81. The first-order valence-electron chi connectivity index (χ1n) is 5.92. The summed E-state index contributed by atoms with van der Waals surface area (Å²) in [5.41, 5.74) is 2.46. The van der Waals surface area contributed by atoms with E-state index in [1.807, 2.05) is 12.1 Å². The van der Waals surface area contributed by atoms with Crippen molar-refractivity contribution in [3.05, 3.63) is 29.3 Å². The Bertz CT molecular complexity index is 404. The Kier molecular flexibility index (Phi) is 3.98. The number of benzene rings is 1. The molecule has 1 aliphatic rings. The number of aliphatic hydroxyl groups excluding tert-OH is 1. The van der Waals surface area contributed by atoms with Crippen LogP contribution in [0, 0.1) is 0 Å². The molecule has 0 unspecified atom stereocenters. The number of hydrogen-bond acceptors (Lipinski definition) is 3.